The summed E-state index contributed by atoms with van der Waals surface area (Å²) in [6, 6.07) is 15.3. The Hall–Kier alpha value is -3.79. The zero-order valence-electron chi connectivity index (χ0n) is 16.0. The molecular formula is C21H17F2N5O2S. The topological polar surface area (TPSA) is 88.9 Å². The summed E-state index contributed by atoms with van der Waals surface area (Å²) in [5.41, 5.74) is 1.77. The van der Waals surface area contributed by atoms with Gasteiger partial charge in [-0.15, -0.1) is 0 Å². The number of pyridine rings is 1. The molecule has 0 bridgehead atoms. The van der Waals surface area contributed by atoms with Crippen molar-refractivity contribution in [3.8, 4) is 5.69 Å². The average Bonchev–Trinajstić information content (AvgIpc) is 3.25. The molecule has 4 aromatic rings. The number of benzene rings is 2. The number of nitrogens with one attached hydrogen (secondary N) is 2. The van der Waals surface area contributed by atoms with Crippen LogP contribution in [0.15, 0.2) is 84.1 Å². The molecule has 0 aliphatic carbocycles. The van der Waals surface area contributed by atoms with Crippen molar-refractivity contribution in [1.29, 1.82) is 0 Å². The van der Waals surface area contributed by atoms with Crippen LogP contribution in [0.2, 0.25) is 0 Å². The van der Waals surface area contributed by atoms with E-state index in [1.54, 1.807) is 10.9 Å². The molecule has 0 radical (unpaired) electrons. The standard InChI is InChI=1S/C21H17F2N5O2S/c22-19-8-6-16(10-20(19)23)27-31(29,30)18-7-9-21(25-13-18)24-11-15-12-26-28(14-15)17-4-2-1-3-5-17/h1-10,12-14,27H,11H2,(H,24,25). The number of nitrogens with zero attached hydrogens (tertiary/aromatic N) is 3. The van der Waals surface area contributed by atoms with E-state index in [-0.39, 0.29) is 10.6 Å². The summed E-state index contributed by atoms with van der Waals surface area (Å²) in [5.74, 6) is -1.73. The fourth-order valence-corrected chi connectivity index (χ4v) is 3.78. The van der Waals surface area contributed by atoms with Crippen molar-refractivity contribution in [2.24, 2.45) is 0 Å². The lowest BCUT2D eigenvalue weighted by atomic mass is 10.3. The quantitative estimate of drug-likeness (QED) is 0.453. The normalized spacial score (nSPS) is 11.3. The SMILES string of the molecule is O=S(=O)(Nc1ccc(F)c(F)c1)c1ccc(NCc2cnn(-c3ccccc3)c2)nc1. The van der Waals surface area contributed by atoms with Gasteiger partial charge in [0.15, 0.2) is 11.6 Å². The van der Waals surface area contributed by atoms with Crippen LogP contribution >= 0.6 is 0 Å². The molecule has 2 N–H and O–H groups in total. The van der Waals surface area contributed by atoms with E-state index in [1.807, 2.05) is 36.5 Å². The summed E-state index contributed by atoms with van der Waals surface area (Å²) in [6.45, 7) is 0.443. The molecule has 0 fully saturated rings. The molecule has 0 aliphatic heterocycles. The molecule has 0 atom stereocenters. The predicted octanol–water partition coefficient (Wildman–Crippen LogP) is 3.96. The second kappa shape index (κ2) is 8.52. The van der Waals surface area contributed by atoms with E-state index in [9.17, 15) is 17.2 Å². The van der Waals surface area contributed by atoms with Crippen molar-refractivity contribution in [1.82, 2.24) is 14.8 Å². The van der Waals surface area contributed by atoms with E-state index >= 15 is 0 Å². The van der Waals surface area contributed by atoms with Gasteiger partial charge in [-0.25, -0.2) is 26.9 Å². The van der Waals surface area contributed by atoms with Crippen LogP contribution in [0, 0.1) is 11.6 Å². The maximum Gasteiger partial charge on any atom is 0.263 e. The van der Waals surface area contributed by atoms with Crippen molar-refractivity contribution in [3.63, 3.8) is 0 Å². The minimum Gasteiger partial charge on any atom is -0.366 e. The summed E-state index contributed by atoms with van der Waals surface area (Å²) < 4.78 is 55.1. The van der Waals surface area contributed by atoms with Crippen molar-refractivity contribution in [2.75, 3.05) is 10.0 Å². The monoisotopic (exact) mass is 441 g/mol. The summed E-state index contributed by atoms with van der Waals surface area (Å²) in [4.78, 5) is 4.00. The number of para-hydroxylation sites is 1. The van der Waals surface area contributed by atoms with Crippen LogP contribution in [0.5, 0.6) is 0 Å². The second-order valence-electron chi connectivity index (χ2n) is 6.60. The number of hydrogen-bond donors (Lipinski definition) is 2. The first-order valence-electron chi connectivity index (χ1n) is 9.17. The Morgan fingerprint density at radius 1 is 0.935 bits per heavy atom. The molecule has 7 nitrogen and oxygen atoms in total. The first-order chi connectivity index (χ1) is 14.9. The average molecular weight is 441 g/mol. The lowest BCUT2D eigenvalue weighted by Gasteiger charge is -2.09. The van der Waals surface area contributed by atoms with Gasteiger partial charge in [0.25, 0.3) is 10.0 Å². The second-order valence-corrected chi connectivity index (χ2v) is 8.28. The number of anilines is 2. The lowest BCUT2D eigenvalue weighted by Crippen LogP contribution is -2.13. The van der Waals surface area contributed by atoms with Crippen LogP contribution in [0.3, 0.4) is 0 Å². The van der Waals surface area contributed by atoms with Gasteiger partial charge in [0.05, 0.1) is 17.6 Å². The van der Waals surface area contributed by atoms with Gasteiger partial charge in [0.1, 0.15) is 10.7 Å². The van der Waals surface area contributed by atoms with Crippen molar-refractivity contribution < 1.29 is 17.2 Å². The summed E-state index contributed by atoms with van der Waals surface area (Å²) in [6.07, 6.45) is 4.79. The summed E-state index contributed by atoms with van der Waals surface area (Å²) in [5, 5.41) is 7.41. The van der Waals surface area contributed by atoms with Gasteiger partial charge in [-0.2, -0.15) is 5.10 Å². The summed E-state index contributed by atoms with van der Waals surface area (Å²) in [7, 11) is -4.00. The number of aromatic nitrogens is 3. The molecule has 2 heterocycles. The molecule has 0 amide bonds. The molecule has 0 aliphatic rings. The van der Waals surface area contributed by atoms with E-state index in [0.29, 0.717) is 12.4 Å². The Labute approximate surface area is 177 Å². The zero-order chi connectivity index (χ0) is 21.8. The molecule has 31 heavy (non-hydrogen) atoms. The van der Waals surface area contributed by atoms with E-state index in [0.717, 1.165) is 29.4 Å². The highest BCUT2D eigenvalue weighted by Gasteiger charge is 2.16. The minimum absolute atomic E-state index is 0.0865. The van der Waals surface area contributed by atoms with E-state index < -0.39 is 21.7 Å². The molecule has 2 aromatic carbocycles. The molecule has 0 saturated carbocycles. The van der Waals surface area contributed by atoms with Crippen LogP contribution in [-0.4, -0.2) is 23.2 Å². The Kier molecular flexibility index (Phi) is 5.63. The van der Waals surface area contributed by atoms with E-state index in [1.165, 1.54) is 18.3 Å². The van der Waals surface area contributed by atoms with E-state index in [4.69, 9.17) is 0 Å². The minimum atomic E-state index is -4.00. The highest BCUT2D eigenvalue weighted by atomic mass is 32.2. The molecule has 4 rings (SSSR count). The molecule has 0 saturated heterocycles. The maximum atomic E-state index is 13.3. The van der Waals surface area contributed by atoms with Gasteiger partial charge in [-0.05, 0) is 36.4 Å². The molecule has 0 unspecified atom stereocenters. The fraction of sp³-hybridized carbons (Fsp3) is 0.0476. The lowest BCUT2D eigenvalue weighted by molar-refractivity contribution is 0.509. The predicted molar refractivity (Wildman–Crippen MR) is 112 cm³/mol. The fourth-order valence-electron chi connectivity index (χ4n) is 2.78. The van der Waals surface area contributed by atoms with Crippen LogP contribution in [0.1, 0.15) is 5.56 Å². The number of sulfonamides is 1. The molecule has 2 aromatic heterocycles. The van der Waals surface area contributed by atoms with Crippen LogP contribution in [0.4, 0.5) is 20.3 Å². The molecule has 0 spiro atoms. The third-order valence-electron chi connectivity index (χ3n) is 4.35. The van der Waals surface area contributed by atoms with Gasteiger partial charge in [0.2, 0.25) is 0 Å². The third kappa shape index (κ3) is 4.86. The Morgan fingerprint density at radius 3 is 2.45 bits per heavy atom. The van der Waals surface area contributed by atoms with Crippen molar-refractivity contribution >= 4 is 21.5 Å². The van der Waals surface area contributed by atoms with Gasteiger partial charge in [-0.3, -0.25) is 4.72 Å². The van der Waals surface area contributed by atoms with Gasteiger partial charge < -0.3 is 5.32 Å². The highest BCUT2D eigenvalue weighted by Crippen LogP contribution is 2.19. The molecular weight excluding hydrogens is 424 g/mol. The van der Waals surface area contributed by atoms with E-state index in [2.05, 4.69) is 20.1 Å². The highest BCUT2D eigenvalue weighted by molar-refractivity contribution is 7.92. The summed E-state index contributed by atoms with van der Waals surface area (Å²) >= 11 is 0. The number of hydrogen-bond acceptors (Lipinski definition) is 5. The number of rotatable bonds is 7. The Balaban J connectivity index is 1.40. The van der Waals surface area contributed by atoms with Crippen LogP contribution in [-0.2, 0) is 16.6 Å². The van der Waals surface area contributed by atoms with Crippen molar-refractivity contribution in [3.05, 3.63) is 96.5 Å². The van der Waals surface area contributed by atoms with Gasteiger partial charge in [0, 0.05) is 30.6 Å². The smallest absolute Gasteiger partial charge is 0.263 e. The molecule has 10 heteroatoms. The largest absolute Gasteiger partial charge is 0.366 e. The Bertz CT molecular complexity index is 1290. The first kappa shape index (κ1) is 20.5. The third-order valence-corrected chi connectivity index (χ3v) is 5.72. The van der Waals surface area contributed by atoms with Gasteiger partial charge >= 0.3 is 0 Å². The molecule has 158 valence electrons. The van der Waals surface area contributed by atoms with Gasteiger partial charge in [-0.1, -0.05) is 18.2 Å². The zero-order valence-corrected chi connectivity index (χ0v) is 16.9. The van der Waals surface area contributed by atoms with Crippen molar-refractivity contribution in [2.45, 2.75) is 11.4 Å². The van der Waals surface area contributed by atoms with Crippen LogP contribution < -0.4 is 10.0 Å². The maximum absolute atomic E-state index is 13.3. The Morgan fingerprint density at radius 2 is 1.74 bits per heavy atom. The first-order valence-corrected chi connectivity index (χ1v) is 10.7. The van der Waals surface area contributed by atoms with Crippen LogP contribution in [0.25, 0.3) is 5.69 Å². The number of halogens is 2.